The van der Waals surface area contributed by atoms with E-state index in [-0.39, 0.29) is 12.1 Å². The van der Waals surface area contributed by atoms with Crippen molar-refractivity contribution in [2.24, 2.45) is 5.10 Å². The number of anilines is 2. The summed E-state index contributed by atoms with van der Waals surface area (Å²) in [4.78, 5) is 17.4. The molecule has 0 spiro atoms. The van der Waals surface area contributed by atoms with Gasteiger partial charge in [0.25, 0.3) is 0 Å². The van der Waals surface area contributed by atoms with Crippen LogP contribution in [0.4, 0.5) is 16.2 Å². The molecule has 0 fully saturated rings. The average molecular weight is 295 g/mol. The minimum absolute atomic E-state index is 0.115. The number of pyridine rings is 1. The molecule has 0 saturated heterocycles. The molecule has 0 radical (unpaired) electrons. The van der Waals surface area contributed by atoms with Gasteiger partial charge in [-0.2, -0.15) is 5.10 Å². The number of hydrogen-bond acceptors (Lipinski definition) is 4. The number of carbonyl (C=O) groups excluding carboxylic acids is 1. The molecule has 22 heavy (non-hydrogen) atoms. The normalized spacial score (nSPS) is 17.3. The summed E-state index contributed by atoms with van der Waals surface area (Å²) in [6, 6.07) is 11.6. The van der Waals surface area contributed by atoms with E-state index in [1.165, 1.54) is 0 Å². The van der Waals surface area contributed by atoms with Crippen molar-refractivity contribution in [3.8, 4) is 0 Å². The summed E-state index contributed by atoms with van der Waals surface area (Å²) >= 11 is 0. The van der Waals surface area contributed by atoms with Gasteiger partial charge in [-0.25, -0.2) is 10.2 Å². The molecule has 112 valence electrons. The van der Waals surface area contributed by atoms with Gasteiger partial charge in [0.1, 0.15) is 0 Å². The summed E-state index contributed by atoms with van der Waals surface area (Å²) in [6.07, 6.45) is 3.57. The van der Waals surface area contributed by atoms with E-state index in [0.717, 1.165) is 22.6 Å². The molecule has 6 nitrogen and oxygen atoms in total. The maximum atomic E-state index is 11.2. The van der Waals surface area contributed by atoms with Crippen LogP contribution < -0.4 is 15.6 Å². The summed E-state index contributed by atoms with van der Waals surface area (Å²) in [6.45, 7) is 1.91. The molecule has 6 heteroatoms. The number of hydrazone groups is 1. The Morgan fingerprint density at radius 2 is 1.91 bits per heavy atom. The number of urea groups is 1. The lowest BCUT2D eigenvalue weighted by Gasteiger charge is -2.22. The zero-order valence-corrected chi connectivity index (χ0v) is 12.4. The van der Waals surface area contributed by atoms with Crippen LogP contribution in [0.3, 0.4) is 0 Å². The van der Waals surface area contributed by atoms with Gasteiger partial charge in [-0.15, -0.1) is 0 Å². The van der Waals surface area contributed by atoms with Gasteiger partial charge >= 0.3 is 6.03 Å². The molecular formula is C16H17N5O. The van der Waals surface area contributed by atoms with Crippen LogP contribution >= 0.6 is 0 Å². The van der Waals surface area contributed by atoms with Gasteiger partial charge in [0.15, 0.2) is 0 Å². The lowest BCUT2D eigenvalue weighted by Crippen LogP contribution is -2.48. The molecule has 0 aliphatic carbocycles. The topological polar surface area (TPSA) is 69.6 Å². The molecule has 1 aromatic heterocycles. The van der Waals surface area contributed by atoms with Gasteiger partial charge in [0, 0.05) is 24.5 Å². The number of nitrogens with one attached hydrogen (secondary N) is 2. The molecule has 3 rings (SSSR count). The molecule has 0 saturated carbocycles. The van der Waals surface area contributed by atoms with Crippen LogP contribution in [0.2, 0.25) is 0 Å². The Morgan fingerprint density at radius 3 is 2.55 bits per heavy atom. The molecule has 1 aromatic carbocycles. The lowest BCUT2D eigenvalue weighted by atomic mass is 10.0. The first-order valence-electron chi connectivity index (χ1n) is 7.03. The van der Waals surface area contributed by atoms with Gasteiger partial charge in [-0.05, 0) is 31.2 Å². The second-order valence-electron chi connectivity index (χ2n) is 5.12. The third-order valence-electron chi connectivity index (χ3n) is 3.62. The zero-order chi connectivity index (χ0) is 15.5. The molecule has 2 amide bonds. The first-order valence-corrected chi connectivity index (χ1v) is 7.03. The molecule has 1 unspecified atom stereocenters. The van der Waals surface area contributed by atoms with E-state index in [0.29, 0.717) is 0 Å². The van der Waals surface area contributed by atoms with Crippen LogP contribution in [-0.2, 0) is 0 Å². The standard InChI is InChI=1S/C16H17N5O/c1-11-15(19-20-16(22)18-11)12-5-7-13(8-6-12)21(2)14-4-3-9-17-10-14/h3-11H,1-2H3,(H2,18,20,22). The minimum Gasteiger partial charge on any atom is -0.343 e. The fourth-order valence-electron chi connectivity index (χ4n) is 2.38. The SMILES string of the molecule is CC1NC(=O)NN=C1c1ccc(N(C)c2cccnc2)cc1. The predicted octanol–water partition coefficient (Wildman–Crippen LogP) is 2.25. The molecule has 2 aromatic rings. The highest BCUT2D eigenvalue weighted by molar-refractivity contribution is 6.07. The Labute approximate surface area is 128 Å². The third-order valence-corrected chi connectivity index (χ3v) is 3.62. The molecule has 2 heterocycles. The summed E-state index contributed by atoms with van der Waals surface area (Å²) < 4.78 is 0. The van der Waals surface area contributed by atoms with Crippen molar-refractivity contribution in [3.05, 3.63) is 54.4 Å². The van der Waals surface area contributed by atoms with Gasteiger partial charge < -0.3 is 10.2 Å². The second kappa shape index (κ2) is 5.85. The predicted molar refractivity (Wildman–Crippen MR) is 86.4 cm³/mol. The highest BCUT2D eigenvalue weighted by atomic mass is 16.2. The van der Waals surface area contributed by atoms with Crippen LogP contribution in [0.5, 0.6) is 0 Å². The van der Waals surface area contributed by atoms with E-state index in [1.54, 1.807) is 6.20 Å². The minimum atomic E-state index is -0.274. The molecule has 1 atom stereocenters. The number of rotatable bonds is 3. The van der Waals surface area contributed by atoms with E-state index >= 15 is 0 Å². The van der Waals surface area contributed by atoms with E-state index in [1.807, 2.05) is 56.6 Å². The van der Waals surface area contributed by atoms with Gasteiger partial charge in [-0.3, -0.25) is 4.98 Å². The van der Waals surface area contributed by atoms with E-state index < -0.39 is 0 Å². The fourth-order valence-corrected chi connectivity index (χ4v) is 2.38. The number of carbonyl (C=O) groups is 1. The van der Waals surface area contributed by atoms with Gasteiger partial charge in [-0.1, -0.05) is 12.1 Å². The summed E-state index contributed by atoms with van der Waals surface area (Å²) in [7, 11) is 1.99. The van der Waals surface area contributed by atoms with Crippen molar-refractivity contribution < 1.29 is 4.79 Å². The van der Waals surface area contributed by atoms with Gasteiger partial charge in [0.2, 0.25) is 0 Å². The number of nitrogens with zero attached hydrogens (tertiary/aromatic N) is 3. The Balaban J connectivity index is 1.83. The number of aromatic nitrogens is 1. The number of hydrogen-bond donors (Lipinski definition) is 2. The van der Waals surface area contributed by atoms with Crippen molar-refractivity contribution in [3.63, 3.8) is 0 Å². The zero-order valence-electron chi connectivity index (χ0n) is 12.4. The average Bonchev–Trinajstić information content (AvgIpc) is 2.55. The quantitative estimate of drug-likeness (QED) is 0.912. The third kappa shape index (κ3) is 2.76. The smallest absolute Gasteiger partial charge is 0.335 e. The van der Waals surface area contributed by atoms with E-state index in [2.05, 4.69) is 25.7 Å². The molecule has 2 N–H and O–H groups in total. The monoisotopic (exact) mass is 295 g/mol. The van der Waals surface area contributed by atoms with Crippen molar-refractivity contribution in [1.82, 2.24) is 15.7 Å². The first kappa shape index (κ1) is 14.1. The second-order valence-corrected chi connectivity index (χ2v) is 5.12. The summed E-state index contributed by atoms with van der Waals surface area (Å²) in [5.74, 6) is 0. The van der Waals surface area contributed by atoms with E-state index in [9.17, 15) is 4.79 Å². The largest absolute Gasteiger partial charge is 0.343 e. The highest BCUT2D eigenvalue weighted by Crippen LogP contribution is 2.23. The van der Waals surface area contributed by atoms with Gasteiger partial charge in [0.05, 0.1) is 23.6 Å². The van der Waals surface area contributed by atoms with Crippen LogP contribution in [0.1, 0.15) is 12.5 Å². The lowest BCUT2D eigenvalue weighted by molar-refractivity contribution is 0.239. The van der Waals surface area contributed by atoms with Crippen molar-refractivity contribution in [2.75, 3.05) is 11.9 Å². The Kier molecular flexibility index (Phi) is 3.74. The van der Waals surface area contributed by atoms with E-state index in [4.69, 9.17) is 0 Å². The Morgan fingerprint density at radius 1 is 1.14 bits per heavy atom. The summed E-state index contributed by atoms with van der Waals surface area (Å²) in [5, 5.41) is 6.92. The Bertz CT molecular complexity index is 696. The van der Waals surface area contributed by atoms with Crippen LogP contribution in [0, 0.1) is 0 Å². The van der Waals surface area contributed by atoms with Crippen LogP contribution in [0.25, 0.3) is 0 Å². The summed E-state index contributed by atoms with van der Waals surface area (Å²) in [5.41, 5.74) is 6.31. The first-order chi connectivity index (χ1) is 10.6. The molecule has 0 bridgehead atoms. The van der Waals surface area contributed by atoms with Crippen molar-refractivity contribution in [2.45, 2.75) is 13.0 Å². The fraction of sp³-hybridized carbons (Fsp3) is 0.188. The van der Waals surface area contributed by atoms with Crippen molar-refractivity contribution >= 4 is 23.1 Å². The molecule has 1 aliphatic rings. The maximum Gasteiger partial charge on any atom is 0.335 e. The number of benzene rings is 1. The van der Waals surface area contributed by atoms with Crippen LogP contribution in [-0.4, -0.2) is 29.8 Å². The number of amides is 2. The van der Waals surface area contributed by atoms with Crippen LogP contribution in [0.15, 0.2) is 53.9 Å². The molecular weight excluding hydrogens is 278 g/mol. The highest BCUT2D eigenvalue weighted by Gasteiger charge is 2.20. The maximum absolute atomic E-state index is 11.2. The Hall–Kier alpha value is -2.89. The van der Waals surface area contributed by atoms with Crippen molar-refractivity contribution in [1.29, 1.82) is 0 Å². The molecule has 1 aliphatic heterocycles.